The molecule has 0 radical (unpaired) electrons. The molecule has 1 fully saturated rings. The van der Waals surface area contributed by atoms with E-state index in [-0.39, 0.29) is 24.0 Å². The number of carbonyl (C=O) groups is 1. The van der Waals surface area contributed by atoms with Crippen LogP contribution in [0.3, 0.4) is 0 Å². The van der Waals surface area contributed by atoms with Crippen LogP contribution in [0.1, 0.15) is 45.0 Å². The van der Waals surface area contributed by atoms with Crippen molar-refractivity contribution in [3.05, 3.63) is 12.2 Å². The fourth-order valence-corrected chi connectivity index (χ4v) is 4.32. The normalized spacial score (nSPS) is 22.6. The second kappa shape index (κ2) is 5.40. The first-order chi connectivity index (χ1) is 8.92. The Hall–Kier alpha value is -1.24. The third-order valence-corrected chi connectivity index (χ3v) is 5.63. The van der Waals surface area contributed by atoms with Gasteiger partial charge in [-0.25, -0.2) is 18.1 Å². The highest BCUT2D eigenvalue weighted by Crippen LogP contribution is 2.21. The Labute approximate surface area is 113 Å². The summed E-state index contributed by atoms with van der Waals surface area (Å²) in [6.45, 7) is 3.89. The highest BCUT2D eigenvalue weighted by Gasteiger charge is 2.35. The molecule has 0 aromatic carbocycles. The minimum atomic E-state index is -3.27. The third-order valence-electron chi connectivity index (χ3n) is 3.41. The summed E-state index contributed by atoms with van der Waals surface area (Å²) in [5.74, 6) is 0.413. The first kappa shape index (κ1) is 14.2. The van der Waals surface area contributed by atoms with E-state index < -0.39 is 15.1 Å². The van der Waals surface area contributed by atoms with E-state index in [4.69, 9.17) is 0 Å². The van der Waals surface area contributed by atoms with Crippen LogP contribution in [0, 0.1) is 0 Å². The van der Waals surface area contributed by atoms with Crippen molar-refractivity contribution in [2.45, 2.75) is 50.8 Å². The number of hydrogen-bond acceptors (Lipinski definition) is 5. The van der Waals surface area contributed by atoms with E-state index in [9.17, 15) is 13.2 Å². The maximum atomic E-state index is 12.2. The fourth-order valence-electron chi connectivity index (χ4n) is 2.42. The zero-order valence-corrected chi connectivity index (χ0v) is 12.1. The third kappa shape index (κ3) is 3.02. The predicted molar refractivity (Wildman–Crippen MR) is 70.5 cm³/mol. The van der Waals surface area contributed by atoms with Crippen LogP contribution in [0.15, 0.2) is 6.33 Å². The molecule has 1 aliphatic rings. The van der Waals surface area contributed by atoms with Gasteiger partial charge in [0.1, 0.15) is 17.4 Å². The summed E-state index contributed by atoms with van der Waals surface area (Å²) in [6.07, 6.45) is 3.35. The zero-order valence-electron chi connectivity index (χ0n) is 11.2. The van der Waals surface area contributed by atoms with E-state index in [1.54, 1.807) is 4.68 Å². The van der Waals surface area contributed by atoms with Crippen LogP contribution in [-0.2, 0) is 21.1 Å². The van der Waals surface area contributed by atoms with Gasteiger partial charge in [-0.3, -0.25) is 4.79 Å². The van der Waals surface area contributed by atoms with Gasteiger partial charge in [0.15, 0.2) is 15.6 Å². The number of ketones is 1. The Kier molecular flexibility index (Phi) is 4.03. The number of rotatable bonds is 4. The molecule has 1 aromatic heterocycles. The molecule has 6 nitrogen and oxygen atoms in total. The molecule has 7 heteroatoms. The highest BCUT2D eigenvalue weighted by atomic mass is 32.2. The topological polar surface area (TPSA) is 81.9 Å². The van der Waals surface area contributed by atoms with Gasteiger partial charge < -0.3 is 0 Å². The van der Waals surface area contributed by atoms with Crippen LogP contribution in [0.25, 0.3) is 0 Å². The SMILES string of the molecule is CC(C)n1ncnc1CC(=O)C1CCCCS1(=O)=O. The molecule has 106 valence electrons. The van der Waals surface area contributed by atoms with Crippen LogP contribution in [0.5, 0.6) is 0 Å². The van der Waals surface area contributed by atoms with Crippen LogP contribution < -0.4 is 0 Å². The Morgan fingerprint density at radius 3 is 2.84 bits per heavy atom. The Morgan fingerprint density at radius 2 is 2.21 bits per heavy atom. The van der Waals surface area contributed by atoms with Gasteiger partial charge in [-0.1, -0.05) is 6.42 Å². The number of sulfone groups is 1. The molecule has 0 N–H and O–H groups in total. The van der Waals surface area contributed by atoms with Crippen molar-refractivity contribution in [2.75, 3.05) is 5.75 Å². The lowest BCUT2D eigenvalue weighted by Crippen LogP contribution is -2.36. The summed E-state index contributed by atoms with van der Waals surface area (Å²) in [5, 5.41) is 3.21. The molecule has 1 aliphatic heterocycles. The van der Waals surface area contributed by atoms with Crippen molar-refractivity contribution in [3.8, 4) is 0 Å². The minimum absolute atomic E-state index is 0.0437. The first-order valence-electron chi connectivity index (χ1n) is 6.54. The molecule has 0 aliphatic carbocycles. The van der Waals surface area contributed by atoms with E-state index in [2.05, 4.69) is 10.1 Å². The molecule has 0 bridgehead atoms. The largest absolute Gasteiger partial charge is 0.298 e. The van der Waals surface area contributed by atoms with Gasteiger partial charge >= 0.3 is 0 Å². The maximum Gasteiger partial charge on any atom is 0.160 e. The molecule has 0 amide bonds. The maximum absolute atomic E-state index is 12.2. The molecule has 2 heterocycles. The molecule has 2 rings (SSSR count). The van der Waals surface area contributed by atoms with Crippen molar-refractivity contribution in [1.82, 2.24) is 14.8 Å². The lowest BCUT2D eigenvalue weighted by molar-refractivity contribution is -0.118. The molecule has 0 saturated carbocycles. The fraction of sp³-hybridized carbons (Fsp3) is 0.750. The quantitative estimate of drug-likeness (QED) is 0.822. The first-order valence-corrected chi connectivity index (χ1v) is 8.26. The summed E-state index contributed by atoms with van der Waals surface area (Å²) in [5.41, 5.74) is 0. The van der Waals surface area contributed by atoms with Crippen molar-refractivity contribution in [3.63, 3.8) is 0 Å². The van der Waals surface area contributed by atoms with Gasteiger partial charge in [0.05, 0.1) is 12.2 Å². The van der Waals surface area contributed by atoms with Gasteiger partial charge in [0, 0.05) is 6.04 Å². The van der Waals surface area contributed by atoms with Gasteiger partial charge in [0.2, 0.25) is 0 Å². The molecular formula is C12H19N3O3S. The Bertz CT molecular complexity index is 563. The van der Waals surface area contributed by atoms with Gasteiger partial charge in [-0.15, -0.1) is 0 Å². The van der Waals surface area contributed by atoms with Crippen molar-refractivity contribution in [1.29, 1.82) is 0 Å². The second-order valence-electron chi connectivity index (χ2n) is 5.21. The standard InChI is InChI=1S/C12H19N3O3S/c1-9(2)15-12(13-8-14-15)7-10(16)11-5-3-4-6-19(11,17)18/h8-9,11H,3-7H2,1-2H3. The van der Waals surface area contributed by atoms with Crippen LogP contribution in [0.2, 0.25) is 0 Å². The molecule has 1 unspecified atom stereocenters. The monoisotopic (exact) mass is 285 g/mol. The number of carbonyl (C=O) groups excluding carboxylic acids is 1. The van der Waals surface area contributed by atoms with E-state index >= 15 is 0 Å². The number of hydrogen-bond donors (Lipinski definition) is 0. The lowest BCUT2D eigenvalue weighted by atomic mass is 10.1. The molecular weight excluding hydrogens is 266 g/mol. The summed E-state index contributed by atoms with van der Waals surface area (Å²) in [4.78, 5) is 16.3. The minimum Gasteiger partial charge on any atom is -0.298 e. The molecule has 1 saturated heterocycles. The van der Waals surface area contributed by atoms with Crippen molar-refractivity contribution < 1.29 is 13.2 Å². The summed E-state index contributed by atoms with van der Waals surface area (Å²) in [6, 6.07) is 0.105. The number of nitrogens with zero attached hydrogens (tertiary/aromatic N) is 3. The van der Waals surface area contributed by atoms with Crippen LogP contribution in [0.4, 0.5) is 0 Å². The second-order valence-corrected chi connectivity index (χ2v) is 7.51. The van der Waals surface area contributed by atoms with E-state index in [0.29, 0.717) is 18.7 Å². The van der Waals surface area contributed by atoms with Crippen molar-refractivity contribution in [2.24, 2.45) is 0 Å². The zero-order chi connectivity index (χ0) is 14.0. The Morgan fingerprint density at radius 1 is 1.47 bits per heavy atom. The van der Waals surface area contributed by atoms with Crippen LogP contribution >= 0.6 is 0 Å². The molecule has 1 aromatic rings. The van der Waals surface area contributed by atoms with E-state index in [1.165, 1.54) is 6.33 Å². The van der Waals surface area contributed by atoms with Crippen LogP contribution in [-0.4, -0.2) is 40.0 Å². The molecule has 0 spiro atoms. The smallest absolute Gasteiger partial charge is 0.160 e. The molecule has 1 atom stereocenters. The summed E-state index contributed by atoms with van der Waals surface area (Å²) in [7, 11) is -3.27. The van der Waals surface area contributed by atoms with Gasteiger partial charge in [0.25, 0.3) is 0 Å². The average Bonchev–Trinajstić information content (AvgIpc) is 2.76. The average molecular weight is 285 g/mol. The van der Waals surface area contributed by atoms with Gasteiger partial charge in [-0.05, 0) is 26.7 Å². The predicted octanol–water partition coefficient (Wildman–Crippen LogP) is 0.938. The molecule has 19 heavy (non-hydrogen) atoms. The number of aromatic nitrogens is 3. The summed E-state index contributed by atoms with van der Waals surface area (Å²) >= 11 is 0. The number of Topliss-reactive ketones (excluding diaryl/α,β-unsaturated/α-hetero) is 1. The van der Waals surface area contributed by atoms with Crippen molar-refractivity contribution >= 4 is 15.6 Å². The highest BCUT2D eigenvalue weighted by molar-refractivity contribution is 7.92. The summed E-state index contributed by atoms with van der Waals surface area (Å²) < 4.78 is 25.5. The van der Waals surface area contributed by atoms with Gasteiger partial charge in [-0.2, -0.15) is 5.10 Å². The van der Waals surface area contributed by atoms with E-state index in [1.807, 2.05) is 13.8 Å². The Balaban J connectivity index is 2.15. The lowest BCUT2D eigenvalue weighted by Gasteiger charge is -2.21. The van der Waals surface area contributed by atoms with E-state index in [0.717, 1.165) is 6.42 Å².